The molecule has 2 heterocycles. The van der Waals surface area contributed by atoms with Gasteiger partial charge in [0.15, 0.2) is 0 Å². The van der Waals surface area contributed by atoms with E-state index in [-0.39, 0.29) is 5.41 Å². The van der Waals surface area contributed by atoms with Crippen LogP contribution in [0.4, 0.5) is 0 Å². The topological polar surface area (TPSA) is 25.8 Å². The second kappa shape index (κ2) is 7.48. The number of rotatable bonds is 4. The third-order valence-electron chi connectivity index (χ3n) is 6.53. The van der Waals surface area contributed by atoms with Crippen molar-refractivity contribution >= 4 is 15.9 Å². The van der Waals surface area contributed by atoms with Crippen molar-refractivity contribution in [1.82, 2.24) is 9.97 Å². The Morgan fingerprint density at radius 3 is 1.93 bits per heavy atom. The van der Waals surface area contributed by atoms with Crippen molar-refractivity contribution in [2.24, 2.45) is 0 Å². The lowest BCUT2D eigenvalue weighted by Crippen LogP contribution is -2.23. The largest absolute Gasteiger partial charge is 0.254 e. The van der Waals surface area contributed by atoms with Crippen LogP contribution in [-0.4, -0.2) is 9.97 Å². The molecule has 30 heavy (non-hydrogen) atoms. The molecule has 0 aliphatic heterocycles. The van der Waals surface area contributed by atoms with E-state index in [0.717, 1.165) is 34.3 Å². The fourth-order valence-corrected chi connectivity index (χ4v) is 5.25. The van der Waals surface area contributed by atoms with Gasteiger partial charge in [-0.3, -0.25) is 9.97 Å². The Kier molecular flexibility index (Phi) is 4.79. The number of pyridine rings is 2. The molecule has 148 valence electrons. The van der Waals surface area contributed by atoms with Gasteiger partial charge in [0.25, 0.3) is 0 Å². The summed E-state index contributed by atoms with van der Waals surface area (Å²) in [4.78, 5) is 9.70. The molecule has 0 bridgehead atoms. The third kappa shape index (κ3) is 2.84. The first kappa shape index (κ1) is 19.2. The van der Waals surface area contributed by atoms with Gasteiger partial charge in [0, 0.05) is 27.8 Å². The highest BCUT2D eigenvalue weighted by Gasteiger charge is 2.42. The molecular formula is C27H23BrN2. The zero-order chi connectivity index (χ0) is 20.7. The van der Waals surface area contributed by atoms with Gasteiger partial charge in [-0.25, -0.2) is 0 Å². The van der Waals surface area contributed by atoms with Crippen molar-refractivity contribution in [1.29, 1.82) is 0 Å². The maximum absolute atomic E-state index is 4.95. The molecular weight excluding hydrogens is 432 g/mol. The average Bonchev–Trinajstić information content (AvgIpc) is 3.08. The van der Waals surface area contributed by atoms with Gasteiger partial charge in [0.05, 0.1) is 11.4 Å². The zero-order valence-corrected chi connectivity index (χ0v) is 18.8. The Hall–Kier alpha value is -2.78. The highest BCUT2D eigenvalue weighted by atomic mass is 79.9. The Balaban J connectivity index is 1.72. The van der Waals surface area contributed by atoms with Crippen LogP contribution in [0, 0.1) is 0 Å². The summed E-state index contributed by atoms with van der Waals surface area (Å²) in [6.45, 7) is 4.54. The number of hydrogen-bond donors (Lipinski definition) is 0. The van der Waals surface area contributed by atoms with Gasteiger partial charge in [0.1, 0.15) is 0 Å². The van der Waals surface area contributed by atoms with E-state index < -0.39 is 0 Å². The van der Waals surface area contributed by atoms with Crippen molar-refractivity contribution < 1.29 is 0 Å². The molecule has 2 aromatic heterocycles. The van der Waals surface area contributed by atoms with Gasteiger partial charge >= 0.3 is 0 Å². The molecule has 5 rings (SSSR count). The number of benzene rings is 2. The van der Waals surface area contributed by atoms with Crippen LogP contribution in [-0.2, 0) is 5.41 Å². The lowest BCUT2D eigenvalue weighted by atomic mass is 9.74. The van der Waals surface area contributed by atoms with Gasteiger partial charge in [-0.1, -0.05) is 68.4 Å². The Bertz CT molecular complexity index is 1230. The van der Waals surface area contributed by atoms with Gasteiger partial charge in [-0.15, -0.1) is 0 Å². The first-order chi connectivity index (χ1) is 14.7. The lowest BCUT2D eigenvalue weighted by molar-refractivity contribution is 0.489. The van der Waals surface area contributed by atoms with Crippen LogP contribution in [0.3, 0.4) is 0 Å². The van der Waals surface area contributed by atoms with Crippen molar-refractivity contribution in [2.75, 3.05) is 0 Å². The fourth-order valence-electron chi connectivity index (χ4n) is 4.92. The molecule has 2 aromatic carbocycles. The molecule has 1 aliphatic carbocycles. The van der Waals surface area contributed by atoms with Gasteiger partial charge in [-0.05, 0) is 68.7 Å². The minimum atomic E-state index is -0.0495. The minimum Gasteiger partial charge on any atom is -0.254 e. The van der Waals surface area contributed by atoms with E-state index in [1.165, 1.54) is 27.8 Å². The Morgan fingerprint density at radius 1 is 0.700 bits per heavy atom. The Morgan fingerprint density at radius 2 is 1.27 bits per heavy atom. The molecule has 3 heteroatoms. The second-order valence-electron chi connectivity index (χ2n) is 7.87. The smallest absolute Gasteiger partial charge is 0.0931 e. The van der Waals surface area contributed by atoms with Gasteiger partial charge in [0.2, 0.25) is 0 Å². The van der Waals surface area contributed by atoms with E-state index >= 15 is 0 Å². The molecule has 0 unspecified atom stereocenters. The standard InChI is InChI=1S/C27H23BrN2/c1-3-27(4-2)23-14-19(16-29-25(23)26-24(27)15-20(28)17-30-26)22-13-9-8-12-21(22)18-10-6-5-7-11-18/h5-17H,3-4H2,1-2H3. The van der Waals surface area contributed by atoms with E-state index in [1.807, 2.05) is 12.4 Å². The lowest BCUT2D eigenvalue weighted by Gasteiger charge is -2.29. The molecule has 0 spiro atoms. The van der Waals surface area contributed by atoms with Crippen LogP contribution in [0.15, 0.2) is 83.6 Å². The third-order valence-corrected chi connectivity index (χ3v) is 6.96. The van der Waals surface area contributed by atoms with Crippen LogP contribution in [0.2, 0.25) is 0 Å². The zero-order valence-electron chi connectivity index (χ0n) is 17.2. The summed E-state index contributed by atoms with van der Waals surface area (Å²) in [6.07, 6.45) is 5.93. The van der Waals surface area contributed by atoms with Crippen molar-refractivity contribution in [3.63, 3.8) is 0 Å². The highest BCUT2D eigenvalue weighted by Crippen LogP contribution is 2.52. The average molecular weight is 455 g/mol. The molecule has 0 saturated carbocycles. The molecule has 0 radical (unpaired) electrons. The van der Waals surface area contributed by atoms with Crippen LogP contribution in [0.1, 0.15) is 37.8 Å². The summed E-state index contributed by atoms with van der Waals surface area (Å²) < 4.78 is 1.02. The van der Waals surface area contributed by atoms with Crippen LogP contribution in [0.25, 0.3) is 33.6 Å². The number of fused-ring (bicyclic) bond motifs is 3. The minimum absolute atomic E-state index is 0.0495. The molecule has 0 fully saturated rings. The molecule has 0 atom stereocenters. The highest BCUT2D eigenvalue weighted by molar-refractivity contribution is 9.10. The number of nitrogens with zero attached hydrogens (tertiary/aromatic N) is 2. The molecule has 0 amide bonds. The summed E-state index contributed by atoms with van der Waals surface area (Å²) in [5.41, 5.74) is 9.42. The first-order valence-corrected chi connectivity index (χ1v) is 11.3. The monoisotopic (exact) mass is 454 g/mol. The Labute approximate surface area is 186 Å². The van der Waals surface area contributed by atoms with Gasteiger partial charge < -0.3 is 0 Å². The van der Waals surface area contributed by atoms with Crippen LogP contribution in [0.5, 0.6) is 0 Å². The fraction of sp³-hybridized carbons (Fsp3) is 0.185. The van der Waals surface area contributed by atoms with Crippen LogP contribution >= 0.6 is 15.9 Å². The second-order valence-corrected chi connectivity index (χ2v) is 8.79. The summed E-state index contributed by atoms with van der Waals surface area (Å²) in [5.74, 6) is 0. The van der Waals surface area contributed by atoms with E-state index in [9.17, 15) is 0 Å². The summed E-state index contributed by atoms with van der Waals surface area (Å²) >= 11 is 3.62. The summed E-state index contributed by atoms with van der Waals surface area (Å²) in [7, 11) is 0. The van der Waals surface area contributed by atoms with Gasteiger partial charge in [-0.2, -0.15) is 0 Å². The SMILES string of the molecule is CCC1(CC)c2cc(Br)cnc2-c2ncc(-c3ccccc3-c3ccccc3)cc21. The van der Waals surface area contributed by atoms with Crippen molar-refractivity contribution in [3.05, 3.63) is 94.7 Å². The van der Waals surface area contributed by atoms with Crippen LogP contribution < -0.4 is 0 Å². The van der Waals surface area contributed by atoms with E-state index in [1.54, 1.807) is 0 Å². The normalized spacial score (nSPS) is 13.7. The molecule has 0 N–H and O–H groups in total. The maximum atomic E-state index is 4.95. The number of hydrogen-bond acceptors (Lipinski definition) is 2. The predicted molar refractivity (Wildman–Crippen MR) is 127 cm³/mol. The summed E-state index contributed by atoms with van der Waals surface area (Å²) in [5, 5.41) is 0. The molecule has 0 saturated heterocycles. The first-order valence-electron chi connectivity index (χ1n) is 10.5. The molecule has 1 aliphatic rings. The van der Waals surface area contributed by atoms with Crippen molar-refractivity contribution in [3.8, 4) is 33.6 Å². The number of aromatic nitrogens is 2. The van der Waals surface area contributed by atoms with E-state index in [2.05, 4.69) is 96.5 Å². The quantitative estimate of drug-likeness (QED) is 0.316. The summed E-state index contributed by atoms with van der Waals surface area (Å²) in [6, 6.07) is 23.8. The predicted octanol–water partition coefficient (Wildman–Crippen LogP) is 7.66. The van der Waals surface area contributed by atoms with E-state index in [4.69, 9.17) is 9.97 Å². The maximum Gasteiger partial charge on any atom is 0.0931 e. The van der Waals surface area contributed by atoms with Crippen molar-refractivity contribution in [2.45, 2.75) is 32.1 Å². The molecule has 2 nitrogen and oxygen atoms in total. The van der Waals surface area contributed by atoms with E-state index in [0.29, 0.717) is 0 Å². The number of halogens is 1. The molecule has 4 aromatic rings.